The van der Waals surface area contributed by atoms with E-state index in [1.54, 1.807) is 0 Å². The maximum absolute atomic E-state index is 13.8. The van der Waals surface area contributed by atoms with E-state index in [1.807, 2.05) is 65.6 Å². The van der Waals surface area contributed by atoms with Gasteiger partial charge in [0, 0.05) is 12.6 Å². The van der Waals surface area contributed by atoms with Crippen LogP contribution in [-0.4, -0.2) is 46.8 Å². The molecule has 6 heteroatoms. The van der Waals surface area contributed by atoms with Crippen molar-refractivity contribution in [1.29, 1.82) is 0 Å². The van der Waals surface area contributed by atoms with Gasteiger partial charge in [0.05, 0.1) is 0 Å². The lowest BCUT2D eigenvalue weighted by atomic mass is 9.78. The predicted octanol–water partition coefficient (Wildman–Crippen LogP) is 3.66. The molecule has 3 fully saturated rings. The first-order valence-corrected chi connectivity index (χ1v) is 11.7. The Labute approximate surface area is 188 Å². The van der Waals surface area contributed by atoms with Crippen molar-refractivity contribution in [3.8, 4) is 0 Å². The molecular weight excluding hydrogens is 402 g/mol. The number of nitrogens with one attached hydrogen (secondary N) is 1. The molecule has 2 aliphatic heterocycles. The number of hydrogen-bond donors (Lipinski definition) is 1. The zero-order valence-corrected chi connectivity index (χ0v) is 18.2. The van der Waals surface area contributed by atoms with Gasteiger partial charge < -0.3 is 10.2 Å². The van der Waals surface area contributed by atoms with Crippen molar-refractivity contribution < 1.29 is 14.4 Å². The van der Waals surface area contributed by atoms with Crippen LogP contribution in [-0.2, 0) is 15.1 Å². The minimum atomic E-state index is -1.32. The topological polar surface area (TPSA) is 69.7 Å². The molecule has 0 radical (unpaired) electrons. The van der Waals surface area contributed by atoms with Crippen LogP contribution >= 0.6 is 0 Å². The molecule has 5 rings (SSSR count). The number of piperidine rings is 1. The van der Waals surface area contributed by atoms with Crippen molar-refractivity contribution in [3.63, 3.8) is 0 Å². The summed E-state index contributed by atoms with van der Waals surface area (Å²) in [4.78, 5) is 43.3. The van der Waals surface area contributed by atoms with Crippen LogP contribution in [0.3, 0.4) is 0 Å². The van der Waals surface area contributed by atoms with Gasteiger partial charge in [0.15, 0.2) is 5.54 Å². The van der Waals surface area contributed by atoms with Crippen molar-refractivity contribution >= 4 is 17.8 Å². The van der Waals surface area contributed by atoms with Crippen molar-refractivity contribution in [2.24, 2.45) is 5.92 Å². The molecule has 2 heterocycles. The number of fused-ring (bicyclic) bond motifs is 1. The van der Waals surface area contributed by atoms with E-state index in [-0.39, 0.29) is 18.5 Å². The van der Waals surface area contributed by atoms with Gasteiger partial charge in [-0.1, -0.05) is 73.5 Å². The van der Waals surface area contributed by atoms with Crippen LogP contribution < -0.4 is 5.32 Å². The molecule has 1 saturated carbocycles. The molecule has 4 amide bonds. The summed E-state index contributed by atoms with van der Waals surface area (Å²) < 4.78 is 0. The Hall–Kier alpha value is -3.15. The van der Waals surface area contributed by atoms with Gasteiger partial charge in [-0.05, 0) is 42.7 Å². The summed E-state index contributed by atoms with van der Waals surface area (Å²) in [6.45, 7) is 0.501. The SMILES string of the molecule is O=C1NC(c2ccccc2)(c2ccccc2)C(=O)N1CC(=O)N1CCC[C@H]2CCCC[C@@H]21. The van der Waals surface area contributed by atoms with E-state index in [4.69, 9.17) is 0 Å². The summed E-state index contributed by atoms with van der Waals surface area (Å²) in [5.74, 6) is 0.0322. The van der Waals surface area contributed by atoms with Gasteiger partial charge in [-0.15, -0.1) is 0 Å². The summed E-state index contributed by atoms with van der Waals surface area (Å²) in [6, 6.07) is 18.3. The zero-order chi connectivity index (χ0) is 22.1. The van der Waals surface area contributed by atoms with Gasteiger partial charge in [-0.25, -0.2) is 4.79 Å². The second-order valence-corrected chi connectivity index (χ2v) is 9.14. The Bertz CT molecular complexity index is 966. The first-order chi connectivity index (χ1) is 15.6. The van der Waals surface area contributed by atoms with E-state index >= 15 is 0 Å². The maximum atomic E-state index is 13.8. The highest BCUT2D eigenvalue weighted by molar-refractivity contribution is 6.11. The number of benzene rings is 2. The molecule has 0 unspecified atom stereocenters. The van der Waals surface area contributed by atoms with E-state index in [0.29, 0.717) is 23.6 Å². The highest BCUT2D eigenvalue weighted by atomic mass is 16.2. The lowest BCUT2D eigenvalue weighted by Gasteiger charge is -2.44. The highest BCUT2D eigenvalue weighted by Crippen LogP contribution is 2.37. The van der Waals surface area contributed by atoms with Gasteiger partial charge in [-0.3, -0.25) is 14.5 Å². The molecule has 6 nitrogen and oxygen atoms in total. The molecule has 0 aromatic heterocycles. The lowest BCUT2D eigenvalue weighted by molar-refractivity contribution is -0.142. The minimum absolute atomic E-state index is 0.123. The average molecular weight is 432 g/mol. The lowest BCUT2D eigenvalue weighted by Crippen LogP contribution is -2.53. The number of likely N-dealkylation sites (tertiary alicyclic amines) is 1. The first kappa shape index (κ1) is 20.7. The monoisotopic (exact) mass is 431 g/mol. The van der Waals surface area contributed by atoms with E-state index in [0.717, 1.165) is 24.2 Å². The van der Waals surface area contributed by atoms with Crippen LogP contribution in [0.1, 0.15) is 49.7 Å². The summed E-state index contributed by atoms with van der Waals surface area (Å²) in [5, 5.41) is 2.93. The summed E-state index contributed by atoms with van der Waals surface area (Å²) in [6.07, 6.45) is 6.72. The third-order valence-electron chi connectivity index (χ3n) is 7.38. The Morgan fingerprint density at radius 1 is 0.875 bits per heavy atom. The Balaban J connectivity index is 1.44. The van der Waals surface area contributed by atoms with Crippen LogP contribution in [0.5, 0.6) is 0 Å². The molecule has 2 aromatic rings. The van der Waals surface area contributed by atoms with Gasteiger partial charge in [0.2, 0.25) is 5.91 Å². The smallest absolute Gasteiger partial charge is 0.326 e. The number of carbonyl (C=O) groups excluding carboxylic acids is 3. The van der Waals surface area contributed by atoms with Gasteiger partial charge >= 0.3 is 6.03 Å². The highest BCUT2D eigenvalue weighted by Gasteiger charge is 2.54. The van der Waals surface area contributed by atoms with Crippen molar-refractivity contribution in [3.05, 3.63) is 71.8 Å². The number of nitrogens with zero attached hydrogens (tertiary/aromatic N) is 2. The van der Waals surface area contributed by atoms with Crippen molar-refractivity contribution in [2.45, 2.75) is 50.1 Å². The molecular formula is C26H29N3O3. The standard InChI is InChI=1S/C26H29N3O3/c30-23(28-17-9-11-19-10-7-8-16-22(19)28)18-29-24(31)26(27-25(29)32,20-12-3-1-4-13-20)21-14-5-2-6-15-21/h1-6,12-15,19,22H,7-11,16-18H2,(H,27,32)/t19-,22+/m1/s1. The van der Waals surface area contributed by atoms with E-state index < -0.39 is 17.5 Å². The van der Waals surface area contributed by atoms with Crippen LogP contribution in [0, 0.1) is 5.92 Å². The van der Waals surface area contributed by atoms with Gasteiger partial charge in [0.25, 0.3) is 5.91 Å². The van der Waals surface area contributed by atoms with Crippen LogP contribution in [0.4, 0.5) is 4.79 Å². The minimum Gasteiger partial charge on any atom is -0.338 e. The number of carbonyl (C=O) groups is 3. The quantitative estimate of drug-likeness (QED) is 0.751. The van der Waals surface area contributed by atoms with Crippen LogP contribution in [0.15, 0.2) is 60.7 Å². The third-order valence-corrected chi connectivity index (χ3v) is 7.38. The summed E-state index contributed by atoms with van der Waals surface area (Å²) in [5.41, 5.74) is 0.0458. The summed E-state index contributed by atoms with van der Waals surface area (Å²) >= 11 is 0. The second-order valence-electron chi connectivity index (χ2n) is 9.14. The molecule has 0 spiro atoms. The molecule has 3 aliphatic rings. The van der Waals surface area contributed by atoms with Gasteiger partial charge in [0.1, 0.15) is 6.54 Å². The zero-order valence-electron chi connectivity index (χ0n) is 18.2. The molecule has 1 aliphatic carbocycles. The first-order valence-electron chi connectivity index (χ1n) is 11.7. The predicted molar refractivity (Wildman–Crippen MR) is 121 cm³/mol. The molecule has 1 N–H and O–H groups in total. The number of urea groups is 1. The van der Waals surface area contributed by atoms with Crippen molar-refractivity contribution in [1.82, 2.24) is 15.1 Å². The molecule has 32 heavy (non-hydrogen) atoms. The largest absolute Gasteiger partial charge is 0.338 e. The van der Waals surface area contributed by atoms with Crippen LogP contribution in [0.2, 0.25) is 0 Å². The van der Waals surface area contributed by atoms with E-state index in [1.165, 1.54) is 19.3 Å². The van der Waals surface area contributed by atoms with E-state index in [9.17, 15) is 14.4 Å². The Kier molecular flexibility index (Phi) is 5.45. The normalized spacial score (nSPS) is 24.8. The number of imide groups is 1. The molecule has 2 atom stereocenters. The maximum Gasteiger partial charge on any atom is 0.326 e. The number of rotatable bonds is 4. The molecule has 166 valence electrons. The third kappa shape index (κ3) is 3.38. The average Bonchev–Trinajstić information content (AvgIpc) is 3.10. The molecule has 2 aromatic carbocycles. The molecule has 2 saturated heterocycles. The second kappa shape index (κ2) is 8.41. The number of amides is 4. The van der Waals surface area contributed by atoms with Crippen LogP contribution in [0.25, 0.3) is 0 Å². The Morgan fingerprint density at radius 3 is 2.12 bits per heavy atom. The van der Waals surface area contributed by atoms with Gasteiger partial charge in [-0.2, -0.15) is 0 Å². The fourth-order valence-electron chi connectivity index (χ4n) is 5.81. The fraction of sp³-hybridized carbons (Fsp3) is 0.423. The van der Waals surface area contributed by atoms with Crippen molar-refractivity contribution in [2.75, 3.05) is 13.1 Å². The number of hydrogen-bond acceptors (Lipinski definition) is 3. The molecule has 0 bridgehead atoms. The summed E-state index contributed by atoms with van der Waals surface area (Å²) in [7, 11) is 0. The fourth-order valence-corrected chi connectivity index (χ4v) is 5.81. The Morgan fingerprint density at radius 2 is 1.47 bits per heavy atom. The van der Waals surface area contributed by atoms with E-state index in [2.05, 4.69) is 5.32 Å².